The van der Waals surface area contributed by atoms with Crippen LogP contribution in [-0.4, -0.2) is 9.55 Å². The molecule has 0 saturated carbocycles. The number of aromatic nitrogens is 2. The van der Waals surface area contributed by atoms with Crippen molar-refractivity contribution in [1.82, 2.24) is 9.55 Å². The Bertz CT molecular complexity index is 203. The number of nitrogen functional groups attached to an aromatic ring is 2. The van der Waals surface area contributed by atoms with Crippen LogP contribution in [0.3, 0.4) is 0 Å². The van der Waals surface area contributed by atoms with E-state index in [1.54, 1.807) is 10.8 Å². The van der Waals surface area contributed by atoms with Crippen LogP contribution in [0.4, 0.5) is 11.8 Å². The second-order valence-electron chi connectivity index (χ2n) is 1.81. The average molecular weight is 126 g/mol. The van der Waals surface area contributed by atoms with Crippen LogP contribution in [0.2, 0.25) is 0 Å². The van der Waals surface area contributed by atoms with Crippen LogP contribution in [0, 0.1) is 0 Å². The summed E-state index contributed by atoms with van der Waals surface area (Å²) in [7, 11) is 0. The Balaban J connectivity index is 3.01. The monoisotopic (exact) mass is 126 g/mol. The van der Waals surface area contributed by atoms with Gasteiger partial charge in [0.05, 0.1) is 0 Å². The molecular weight excluding hydrogens is 116 g/mol. The van der Waals surface area contributed by atoms with E-state index >= 15 is 0 Å². The van der Waals surface area contributed by atoms with Gasteiger partial charge in [0.1, 0.15) is 5.82 Å². The third kappa shape index (κ3) is 0.960. The van der Waals surface area contributed by atoms with Crippen molar-refractivity contribution in [1.29, 1.82) is 0 Å². The van der Waals surface area contributed by atoms with Crippen LogP contribution in [0.25, 0.3) is 0 Å². The zero-order valence-corrected chi connectivity index (χ0v) is 5.33. The first-order chi connectivity index (χ1) is 4.24. The second-order valence-corrected chi connectivity index (χ2v) is 1.81. The molecule has 0 unspecified atom stereocenters. The van der Waals surface area contributed by atoms with Crippen LogP contribution >= 0.6 is 0 Å². The summed E-state index contributed by atoms with van der Waals surface area (Å²) < 4.78 is 1.79. The lowest BCUT2D eigenvalue weighted by Crippen LogP contribution is -1.98. The number of imidazole rings is 1. The number of hydrogen-bond acceptors (Lipinski definition) is 3. The van der Waals surface area contributed by atoms with Gasteiger partial charge in [0, 0.05) is 12.7 Å². The molecule has 0 aromatic carbocycles. The molecule has 0 bridgehead atoms. The molecule has 4 N–H and O–H groups in total. The van der Waals surface area contributed by atoms with Crippen molar-refractivity contribution in [3.05, 3.63) is 6.20 Å². The predicted octanol–water partition coefficient (Wildman–Crippen LogP) is 0.0674. The van der Waals surface area contributed by atoms with Gasteiger partial charge in [-0.1, -0.05) is 0 Å². The minimum atomic E-state index is 0.481. The van der Waals surface area contributed by atoms with E-state index < -0.39 is 0 Å². The largest absolute Gasteiger partial charge is 0.382 e. The van der Waals surface area contributed by atoms with E-state index in [0.29, 0.717) is 11.8 Å². The number of nitrogens with zero attached hydrogens (tertiary/aromatic N) is 2. The maximum absolute atomic E-state index is 5.42. The van der Waals surface area contributed by atoms with Crippen LogP contribution in [-0.2, 0) is 6.54 Å². The van der Waals surface area contributed by atoms with Gasteiger partial charge in [0.25, 0.3) is 0 Å². The van der Waals surface area contributed by atoms with Crippen molar-refractivity contribution in [3.8, 4) is 0 Å². The third-order valence-corrected chi connectivity index (χ3v) is 1.17. The van der Waals surface area contributed by atoms with E-state index in [9.17, 15) is 0 Å². The Hall–Kier alpha value is -1.19. The zero-order chi connectivity index (χ0) is 6.85. The van der Waals surface area contributed by atoms with E-state index in [-0.39, 0.29) is 0 Å². The normalized spacial score (nSPS) is 9.89. The molecule has 50 valence electrons. The number of hydrogen-bond donors (Lipinski definition) is 2. The van der Waals surface area contributed by atoms with E-state index in [0.717, 1.165) is 6.54 Å². The number of anilines is 2. The van der Waals surface area contributed by atoms with Gasteiger partial charge in [-0.05, 0) is 6.92 Å². The quantitative estimate of drug-likeness (QED) is 0.559. The summed E-state index contributed by atoms with van der Waals surface area (Å²) in [6.07, 6.45) is 1.72. The molecule has 0 atom stereocenters. The predicted molar refractivity (Wildman–Crippen MR) is 36.7 cm³/mol. The van der Waals surface area contributed by atoms with Crippen molar-refractivity contribution in [2.45, 2.75) is 13.5 Å². The molecule has 4 heteroatoms. The maximum Gasteiger partial charge on any atom is 0.202 e. The topological polar surface area (TPSA) is 69.9 Å². The molecule has 1 aromatic heterocycles. The van der Waals surface area contributed by atoms with Gasteiger partial charge in [-0.15, -0.1) is 0 Å². The fourth-order valence-electron chi connectivity index (χ4n) is 0.704. The lowest BCUT2D eigenvalue weighted by molar-refractivity contribution is 0.774. The zero-order valence-electron chi connectivity index (χ0n) is 5.33. The van der Waals surface area contributed by atoms with Crippen molar-refractivity contribution in [2.24, 2.45) is 0 Å². The summed E-state index contributed by atoms with van der Waals surface area (Å²) in [6.45, 7) is 2.80. The van der Waals surface area contributed by atoms with Gasteiger partial charge in [-0.2, -0.15) is 4.98 Å². The molecule has 0 aliphatic heterocycles. The van der Waals surface area contributed by atoms with Gasteiger partial charge < -0.3 is 16.0 Å². The van der Waals surface area contributed by atoms with Crippen molar-refractivity contribution < 1.29 is 0 Å². The second kappa shape index (κ2) is 1.97. The molecule has 0 aliphatic rings. The number of nitrogens with two attached hydrogens (primary N) is 2. The highest BCUT2D eigenvalue weighted by Gasteiger charge is 1.96. The van der Waals surface area contributed by atoms with E-state index in [4.69, 9.17) is 11.5 Å². The van der Waals surface area contributed by atoms with Crippen LogP contribution in [0.1, 0.15) is 6.92 Å². The van der Waals surface area contributed by atoms with Gasteiger partial charge in [0.2, 0.25) is 5.95 Å². The molecule has 0 radical (unpaired) electrons. The Morgan fingerprint density at radius 2 is 2.33 bits per heavy atom. The van der Waals surface area contributed by atoms with Crippen LogP contribution in [0.5, 0.6) is 0 Å². The number of aryl methyl sites for hydroxylation is 1. The summed E-state index contributed by atoms with van der Waals surface area (Å²) in [5.41, 5.74) is 10.8. The van der Waals surface area contributed by atoms with E-state index in [1.807, 2.05) is 6.92 Å². The molecule has 1 aromatic rings. The Labute approximate surface area is 53.5 Å². The van der Waals surface area contributed by atoms with Crippen molar-refractivity contribution in [2.75, 3.05) is 11.5 Å². The Morgan fingerprint density at radius 3 is 2.56 bits per heavy atom. The molecule has 9 heavy (non-hydrogen) atoms. The van der Waals surface area contributed by atoms with Crippen LogP contribution in [0.15, 0.2) is 6.20 Å². The molecule has 1 heterocycles. The van der Waals surface area contributed by atoms with Gasteiger partial charge >= 0.3 is 0 Å². The van der Waals surface area contributed by atoms with E-state index in [2.05, 4.69) is 4.98 Å². The average Bonchev–Trinajstić information content (AvgIpc) is 2.10. The molecule has 1 rings (SSSR count). The third-order valence-electron chi connectivity index (χ3n) is 1.17. The highest BCUT2D eigenvalue weighted by molar-refractivity contribution is 5.34. The summed E-state index contributed by atoms with van der Waals surface area (Å²) in [6, 6.07) is 0. The van der Waals surface area contributed by atoms with Crippen LogP contribution < -0.4 is 11.5 Å². The minimum Gasteiger partial charge on any atom is -0.382 e. The molecule has 0 saturated heterocycles. The molecule has 0 fully saturated rings. The smallest absolute Gasteiger partial charge is 0.202 e. The van der Waals surface area contributed by atoms with Gasteiger partial charge in [-0.25, -0.2) is 0 Å². The maximum atomic E-state index is 5.42. The van der Waals surface area contributed by atoms with Gasteiger partial charge in [-0.3, -0.25) is 0 Å². The lowest BCUT2D eigenvalue weighted by Gasteiger charge is -1.94. The van der Waals surface area contributed by atoms with Gasteiger partial charge in [0.15, 0.2) is 0 Å². The first-order valence-electron chi connectivity index (χ1n) is 2.82. The highest BCUT2D eigenvalue weighted by atomic mass is 15.2. The van der Waals surface area contributed by atoms with E-state index in [1.165, 1.54) is 0 Å². The number of rotatable bonds is 1. The SMILES string of the molecule is CCn1cc(N)nc1N. The first-order valence-corrected chi connectivity index (χ1v) is 2.82. The fourth-order valence-corrected chi connectivity index (χ4v) is 0.704. The summed E-state index contributed by atoms with van der Waals surface area (Å²) in [5, 5.41) is 0. The Morgan fingerprint density at radius 1 is 1.67 bits per heavy atom. The summed E-state index contributed by atoms with van der Waals surface area (Å²) in [5.74, 6) is 0.962. The molecule has 4 nitrogen and oxygen atoms in total. The molecule has 0 spiro atoms. The fraction of sp³-hybridized carbons (Fsp3) is 0.400. The van der Waals surface area contributed by atoms with Crippen molar-refractivity contribution in [3.63, 3.8) is 0 Å². The molecule has 0 amide bonds. The lowest BCUT2D eigenvalue weighted by atomic mass is 10.7. The summed E-state index contributed by atoms with van der Waals surface area (Å²) in [4.78, 5) is 3.80. The first kappa shape index (κ1) is 5.94. The highest BCUT2D eigenvalue weighted by Crippen LogP contribution is 2.04. The molecular formula is C5H10N4. The van der Waals surface area contributed by atoms with Crippen molar-refractivity contribution >= 4 is 11.8 Å². The minimum absolute atomic E-state index is 0.481. The standard InChI is InChI=1S/C5H10N4/c1-2-9-3-4(6)8-5(9)7/h3H,2,6H2,1H3,(H2,7,8). The Kier molecular flexibility index (Phi) is 1.30. The molecule has 0 aliphatic carbocycles. The summed E-state index contributed by atoms with van der Waals surface area (Å²) >= 11 is 0.